The molecule has 0 radical (unpaired) electrons. The number of hydrogen-bond acceptors (Lipinski definition) is 2. The van der Waals surface area contributed by atoms with Crippen molar-refractivity contribution in [2.75, 3.05) is 6.61 Å². The second-order valence-corrected chi connectivity index (χ2v) is 4.44. The van der Waals surface area contributed by atoms with Gasteiger partial charge in [0.25, 0.3) is 0 Å². The lowest BCUT2D eigenvalue weighted by Crippen LogP contribution is -2.15. The van der Waals surface area contributed by atoms with E-state index in [1.54, 1.807) is 0 Å². The molecule has 0 aromatic rings. The third-order valence-electron chi connectivity index (χ3n) is 3.65. The molecule has 0 bridgehead atoms. The van der Waals surface area contributed by atoms with E-state index in [4.69, 9.17) is 4.74 Å². The van der Waals surface area contributed by atoms with Crippen LogP contribution in [0.1, 0.15) is 39.0 Å². The fourth-order valence-electron chi connectivity index (χ4n) is 2.73. The Morgan fingerprint density at radius 3 is 3.08 bits per heavy atom. The monoisotopic (exact) mass is 182 g/mol. The van der Waals surface area contributed by atoms with Gasteiger partial charge in [0, 0.05) is 5.92 Å². The van der Waals surface area contributed by atoms with Gasteiger partial charge >= 0.3 is 5.97 Å². The van der Waals surface area contributed by atoms with Crippen LogP contribution in [0.15, 0.2) is 0 Å². The summed E-state index contributed by atoms with van der Waals surface area (Å²) in [4.78, 5) is 11.3. The molecule has 13 heavy (non-hydrogen) atoms. The van der Waals surface area contributed by atoms with E-state index in [1.807, 2.05) is 0 Å². The van der Waals surface area contributed by atoms with Crippen molar-refractivity contribution in [3.8, 4) is 0 Å². The zero-order chi connectivity index (χ0) is 9.26. The smallest absolute Gasteiger partial charge is 0.309 e. The Morgan fingerprint density at radius 2 is 2.31 bits per heavy atom. The number of esters is 1. The highest BCUT2D eigenvalue weighted by Gasteiger charge is 2.38. The molecule has 0 aromatic carbocycles. The van der Waals surface area contributed by atoms with Crippen LogP contribution in [-0.2, 0) is 9.53 Å². The van der Waals surface area contributed by atoms with Crippen molar-refractivity contribution < 1.29 is 9.53 Å². The molecule has 1 aliphatic heterocycles. The first-order chi connectivity index (χ1) is 6.31. The molecule has 2 heteroatoms. The third-order valence-corrected chi connectivity index (χ3v) is 3.65. The van der Waals surface area contributed by atoms with E-state index in [-0.39, 0.29) is 11.9 Å². The summed E-state index contributed by atoms with van der Waals surface area (Å²) in [6, 6.07) is 0. The molecule has 1 saturated carbocycles. The first-order valence-electron chi connectivity index (χ1n) is 5.48. The van der Waals surface area contributed by atoms with Gasteiger partial charge in [-0.1, -0.05) is 26.2 Å². The summed E-state index contributed by atoms with van der Waals surface area (Å²) in [5, 5.41) is 0. The minimum atomic E-state index is 0.0711. The molecule has 2 fully saturated rings. The predicted octanol–water partition coefficient (Wildman–Crippen LogP) is 2.38. The highest BCUT2D eigenvalue weighted by molar-refractivity contribution is 5.74. The summed E-state index contributed by atoms with van der Waals surface area (Å²) in [5.74, 6) is 1.70. The van der Waals surface area contributed by atoms with Gasteiger partial charge in [-0.15, -0.1) is 0 Å². The maximum atomic E-state index is 11.3. The second kappa shape index (κ2) is 3.69. The highest BCUT2D eigenvalue weighted by atomic mass is 16.5. The van der Waals surface area contributed by atoms with Gasteiger partial charge in [0.2, 0.25) is 0 Å². The summed E-state index contributed by atoms with van der Waals surface area (Å²) in [6.07, 6.45) is 6.08. The van der Waals surface area contributed by atoms with Crippen molar-refractivity contribution in [2.45, 2.75) is 39.0 Å². The lowest BCUT2D eigenvalue weighted by atomic mass is 9.87. The molecule has 1 saturated heterocycles. The molecule has 2 rings (SSSR count). The molecule has 2 nitrogen and oxygen atoms in total. The Labute approximate surface area is 79.7 Å². The minimum Gasteiger partial charge on any atom is -0.465 e. The number of fused-ring (bicyclic) bond motifs is 1. The van der Waals surface area contributed by atoms with Crippen LogP contribution in [-0.4, -0.2) is 12.6 Å². The Kier molecular flexibility index (Phi) is 2.56. The summed E-state index contributed by atoms with van der Waals surface area (Å²) in [6.45, 7) is 2.95. The van der Waals surface area contributed by atoms with Crippen LogP contribution >= 0.6 is 0 Å². The molecule has 0 spiro atoms. The number of cyclic esters (lactones) is 1. The van der Waals surface area contributed by atoms with Gasteiger partial charge in [-0.25, -0.2) is 0 Å². The van der Waals surface area contributed by atoms with E-state index in [9.17, 15) is 4.79 Å². The number of carbonyl (C=O) groups is 1. The third kappa shape index (κ3) is 1.72. The summed E-state index contributed by atoms with van der Waals surface area (Å²) in [7, 11) is 0. The normalized spacial score (nSPS) is 39.5. The van der Waals surface area contributed by atoms with Crippen molar-refractivity contribution in [2.24, 2.45) is 17.8 Å². The molecule has 0 N–H and O–H groups in total. The molecule has 1 heterocycles. The van der Waals surface area contributed by atoms with Crippen LogP contribution in [0, 0.1) is 17.8 Å². The fourth-order valence-corrected chi connectivity index (χ4v) is 2.73. The van der Waals surface area contributed by atoms with Gasteiger partial charge in [0.1, 0.15) is 0 Å². The van der Waals surface area contributed by atoms with Gasteiger partial charge in [-0.3, -0.25) is 4.79 Å². The van der Waals surface area contributed by atoms with Gasteiger partial charge in [-0.05, 0) is 18.8 Å². The number of carbonyl (C=O) groups excluding carboxylic acids is 1. The van der Waals surface area contributed by atoms with Gasteiger partial charge in [0.15, 0.2) is 0 Å². The first kappa shape index (κ1) is 9.04. The standard InChI is InChI=1S/C11H18O2/c1-2-8-4-3-5-10-9(6-8)7-13-11(10)12/h8-10H,2-7H2,1H3/t8-,9?,10?/m0/s1. The maximum Gasteiger partial charge on any atom is 0.309 e. The Bertz CT molecular complexity index is 200. The van der Waals surface area contributed by atoms with E-state index >= 15 is 0 Å². The highest BCUT2D eigenvalue weighted by Crippen LogP contribution is 2.37. The number of hydrogen-bond donors (Lipinski definition) is 0. The quantitative estimate of drug-likeness (QED) is 0.582. The van der Waals surface area contributed by atoms with E-state index in [2.05, 4.69) is 6.92 Å². The molecule has 74 valence electrons. The number of rotatable bonds is 1. The topological polar surface area (TPSA) is 26.3 Å². The number of ether oxygens (including phenoxy) is 1. The van der Waals surface area contributed by atoms with Crippen LogP contribution in [0.4, 0.5) is 0 Å². The zero-order valence-electron chi connectivity index (χ0n) is 8.29. The van der Waals surface area contributed by atoms with Crippen molar-refractivity contribution in [1.29, 1.82) is 0 Å². The Morgan fingerprint density at radius 1 is 1.46 bits per heavy atom. The molecule has 0 amide bonds. The van der Waals surface area contributed by atoms with Crippen molar-refractivity contribution in [3.63, 3.8) is 0 Å². The molecule has 0 aromatic heterocycles. The summed E-state index contributed by atoms with van der Waals surface area (Å²) >= 11 is 0. The molecular weight excluding hydrogens is 164 g/mol. The van der Waals surface area contributed by atoms with E-state index in [0.717, 1.165) is 12.3 Å². The average Bonchev–Trinajstić information content (AvgIpc) is 2.41. The average molecular weight is 182 g/mol. The van der Waals surface area contributed by atoms with E-state index in [1.165, 1.54) is 25.7 Å². The largest absolute Gasteiger partial charge is 0.465 e. The lowest BCUT2D eigenvalue weighted by Gasteiger charge is -2.15. The van der Waals surface area contributed by atoms with Crippen LogP contribution in [0.25, 0.3) is 0 Å². The van der Waals surface area contributed by atoms with Gasteiger partial charge in [-0.2, -0.15) is 0 Å². The van der Waals surface area contributed by atoms with Crippen LogP contribution < -0.4 is 0 Å². The maximum absolute atomic E-state index is 11.3. The van der Waals surface area contributed by atoms with Gasteiger partial charge < -0.3 is 4.74 Å². The SMILES string of the molecule is CC[C@H]1CCCC2C(=O)OCC2C1. The van der Waals surface area contributed by atoms with Gasteiger partial charge in [0.05, 0.1) is 12.5 Å². The molecule has 2 aliphatic rings. The molecular formula is C11H18O2. The summed E-state index contributed by atoms with van der Waals surface area (Å²) < 4.78 is 5.11. The van der Waals surface area contributed by atoms with E-state index in [0.29, 0.717) is 12.5 Å². The fraction of sp³-hybridized carbons (Fsp3) is 0.909. The van der Waals surface area contributed by atoms with Crippen molar-refractivity contribution >= 4 is 5.97 Å². The second-order valence-electron chi connectivity index (χ2n) is 4.44. The van der Waals surface area contributed by atoms with Crippen molar-refractivity contribution in [3.05, 3.63) is 0 Å². The molecule has 1 aliphatic carbocycles. The first-order valence-corrected chi connectivity index (χ1v) is 5.48. The Balaban J connectivity index is 2.03. The van der Waals surface area contributed by atoms with E-state index < -0.39 is 0 Å². The predicted molar refractivity (Wildman–Crippen MR) is 50.2 cm³/mol. The van der Waals surface area contributed by atoms with Crippen molar-refractivity contribution in [1.82, 2.24) is 0 Å². The zero-order valence-corrected chi connectivity index (χ0v) is 8.29. The van der Waals surface area contributed by atoms with Crippen LogP contribution in [0.5, 0.6) is 0 Å². The molecule has 3 atom stereocenters. The lowest BCUT2D eigenvalue weighted by molar-refractivity contribution is -0.141. The van der Waals surface area contributed by atoms with Crippen LogP contribution in [0.2, 0.25) is 0 Å². The minimum absolute atomic E-state index is 0.0711. The molecule has 2 unspecified atom stereocenters. The van der Waals surface area contributed by atoms with Crippen LogP contribution in [0.3, 0.4) is 0 Å². The Hall–Kier alpha value is -0.530. The summed E-state index contributed by atoms with van der Waals surface area (Å²) in [5.41, 5.74) is 0.